The Morgan fingerprint density at radius 2 is 1.51 bits per heavy atom. The summed E-state index contributed by atoms with van der Waals surface area (Å²) in [6.45, 7) is 4.27. The summed E-state index contributed by atoms with van der Waals surface area (Å²) in [6.07, 6.45) is 0. The lowest BCUT2D eigenvalue weighted by molar-refractivity contribution is -0.117. The van der Waals surface area contributed by atoms with Crippen molar-refractivity contribution in [3.8, 4) is 11.4 Å². The van der Waals surface area contributed by atoms with Gasteiger partial charge in [0, 0.05) is 7.05 Å². The highest BCUT2D eigenvalue weighted by molar-refractivity contribution is 8.01. The van der Waals surface area contributed by atoms with Crippen molar-refractivity contribution in [2.45, 2.75) is 31.1 Å². The first-order chi connectivity index (χ1) is 17.0. The molecule has 6 nitrogen and oxygen atoms in total. The van der Waals surface area contributed by atoms with Crippen LogP contribution in [0.3, 0.4) is 0 Å². The average molecular weight is 486 g/mol. The number of aromatic nitrogens is 2. The topological polar surface area (TPSA) is 56.5 Å². The predicted molar refractivity (Wildman–Crippen MR) is 140 cm³/mol. The molecule has 7 heteroatoms. The molecule has 178 valence electrons. The number of rotatable bonds is 6. The number of benzene rings is 3. The number of anilines is 1. The molecule has 4 aromatic rings. The maximum absolute atomic E-state index is 13.6. The van der Waals surface area contributed by atoms with Gasteiger partial charge >= 0.3 is 0 Å². The van der Waals surface area contributed by atoms with E-state index >= 15 is 0 Å². The van der Waals surface area contributed by atoms with Gasteiger partial charge in [-0.15, -0.1) is 11.8 Å². The molecule has 1 amide bonds. The molecule has 2 heterocycles. The quantitative estimate of drug-likeness (QED) is 0.375. The molecule has 5 rings (SSSR count). The van der Waals surface area contributed by atoms with Crippen molar-refractivity contribution in [1.82, 2.24) is 9.36 Å². The molecule has 0 radical (unpaired) electrons. The standard InChI is InChI=1S/C28H27N3O3S/c1-19-25(27(33)31(29(19)3)23-12-8-5-9-13-23)30-26(32)20(2)35-28(30)22-14-16-24(17-15-22)34-18-21-10-6-4-7-11-21/h4-17,20,28H,18H2,1-3H3/t20-,28-/m1/s1. The van der Waals surface area contributed by atoms with Crippen molar-refractivity contribution >= 4 is 23.4 Å². The zero-order chi connectivity index (χ0) is 24.5. The molecule has 3 aromatic carbocycles. The zero-order valence-corrected chi connectivity index (χ0v) is 20.7. The molecule has 0 aliphatic carbocycles. The summed E-state index contributed by atoms with van der Waals surface area (Å²) >= 11 is 1.55. The number of amides is 1. The maximum Gasteiger partial charge on any atom is 0.295 e. The highest BCUT2D eigenvalue weighted by Gasteiger charge is 2.42. The van der Waals surface area contributed by atoms with Crippen LogP contribution in [0.25, 0.3) is 5.69 Å². The molecule has 0 unspecified atom stereocenters. The van der Waals surface area contributed by atoms with E-state index in [4.69, 9.17) is 4.74 Å². The number of para-hydroxylation sites is 1. The highest BCUT2D eigenvalue weighted by atomic mass is 32.2. The Kier molecular flexibility index (Phi) is 6.26. The first-order valence-corrected chi connectivity index (χ1v) is 12.5. The largest absolute Gasteiger partial charge is 0.489 e. The molecular formula is C28H27N3O3S. The van der Waals surface area contributed by atoms with E-state index < -0.39 is 0 Å². The van der Waals surface area contributed by atoms with Gasteiger partial charge in [-0.2, -0.15) is 0 Å². The highest BCUT2D eigenvalue weighted by Crippen LogP contribution is 2.45. The van der Waals surface area contributed by atoms with Crippen molar-refractivity contribution in [2.24, 2.45) is 7.05 Å². The van der Waals surface area contributed by atoms with Crippen LogP contribution in [0.15, 0.2) is 89.7 Å². The van der Waals surface area contributed by atoms with E-state index in [0.29, 0.717) is 12.3 Å². The third kappa shape index (κ3) is 4.28. The van der Waals surface area contributed by atoms with Gasteiger partial charge < -0.3 is 4.74 Å². The minimum Gasteiger partial charge on any atom is -0.489 e. The lowest BCUT2D eigenvalue weighted by atomic mass is 10.1. The van der Waals surface area contributed by atoms with Crippen LogP contribution < -0.4 is 15.2 Å². The minimum atomic E-state index is -0.293. The van der Waals surface area contributed by atoms with Crippen LogP contribution in [0.2, 0.25) is 0 Å². The van der Waals surface area contributed by atoms with Crippen molar-refractivity contribution in [2.75, 3.05) is 4.90 Å². The van der Waals surface area contributed by atoms with Gasteiger partial charge in [0.25, 0.3) is 5.56 Å². The van der Waals surface area contributed by atoms with Crippen molar-refractivity contribution < 1.29 is 9.53 Å². The molecule has 0 bridgehead atoms. The van der Waals surface area contributed by atoms with Gasteiger partial charge in [-0.05, 0) is 49.2 Å². The van der Waals surface area contributed by atoms with Crippen molar-refractivity contribution in [1.29, 1.82) is 0 Å². The molecule has 35 heavy (non-hydrogen) atoms. The van der Waals surface area contributed by atoms with E-state index in [0.717, 1.165) is 28.3 Å². The fourth-order valence-corrected chi connectivity index (χ4v) is 5.64. The molecule has 0 N–H and O–H groups in total. The molecule has 0 saturated carbocycles. The first-order valence-electron chi connectivity index (χ1n) is 11.5. The number of hydrogen-bond acceptors (Lipinski definition) is 4. The second-order valence-corrected chi connectivity index (χ2v) is 10.0. The second kappa shape index (κ2) is 9.50. The number of carbonyl (C=O) groups is 1. The van der Waals surface area contributed by atoms with E-state index in [-0.39, 0.29) is 22.1 Å². The number of ether oxygens (including phenoxy) is 1. The van der Waals surface area contributed by atoms with Crippen molar-refractivity contribution in [3.63, 3.8) is 0 Å². The van der Waals surface area contributed by atoms with Crippen LogP contribution in [0.5, 0.6) is 5.75 Å². The smallest absolute Gasteiger partial charge is 0.295 e. The normalized spacial score (nSPS) is 17.7. The SMILES string of the molecule is Cc1c(N2C(=O)[C@@H](C)S[C@@H]2c2ccc(OCc3ccccc3)cc2)c(=O)n(-c2ccccc2)n1C. The van der Waals surface area contributed by atoms with Gasteiger partial charge in [-0.1, -0.05) is 60.7 Å². The van der Waals surface area contributed by atoms with Gasteiger partial charge in [0.15, 0.2) is 0 Å². The van der Waals surface area contributed by atoms with Gasteiger partial charge in [0.2, 0.25) is 5.91 Å². The lowest BCUT2D eigenvalue weighted by Crippen LogP contribution is -2.34. The fraction of sp³-hybridized carbons (Fsp3) is 0.214. The summed E-state index contributed by atoms with van der Waals surface area (Å²) < 4.78 is 9.35. The molecule has 1 fully saturated rings. The van der Waals surface area contributed by atoms with Gasteiger partial charge in [-0.3, -0.25) is 19.2 Å². The van der Waals surface area contributed by atoms with Gasteiger partial charge in [0.05, 0.1) is 16.6 Å². The third-order valence-corrected chi connectivity index (χ3v) is 7.68. The number of nitrogens with zero attached hydrogens (tertiary/aromatic N) is 3. The summed E-state index contributed by atoms with van der Waals surface area (Å²) in [7, 11) is 1.85. The fourth-order valence-electron chi connectivity index (χ4n) is 4.38. The lowest BCUT2D eigenvalue weighted by Gasteiger charge is -2.23. The first kappa shape index (κ1) is 23.1. The molecule has 1 aromatic heterocycles. The van der Waals surface area contributed by atoms with Crippen LogP contribution in [0.4, 0.5) is 5.69 Å². The number of thioether (sulfide) groups is 1. The summed E-state index contributed by atoms with van der Waals surface area (Å²) in [5.41, 5.74) is 3.78. The van der Waals surface area contributed by atoms with E-state index in [1.807, 2.05) is 111 Å². The van der Waals surface area contributed by atoms with Crippen LogP contribution in [-0.4, -0.2) is 20.5 Å². The molecule has 2 atom stereocenters. The third-order valence-electron chi connectivity index (χ3n) is 6.33. The van der Waals surface area contributed by atoms with E-state index in [1.165, 1.54) is 0 Å². The van der Waals surface area contributed by atoms with Gasteiger partial charge in [-0.25, -0.2) is 4.68 Å². The van der Waals surface area contributed by atoms with Crippen LogP contribution in [-0.2, 0) is 18.4 Å². The van der Waals surface area contributed by atoms with E-state index in [9.17, 15) is 9.59 Å². The number of hydrogen-bond donors (Lipinski definition) is 0. The summed E-state index contributed by atoms with van der Waals surface area (Å²) in [4.78, 5) is 28.6. The Morgan fingerprint density at radius 1 is 0.886 bits per heavy atom. The molecule has 1 aliphatic heterocycles. The molecule has 0 spiro atoms. The predicted octanol–water partition coefficient (Wildman–Crippen LogP) is 5.23. The van der Waals surface area contributed by atoms with E-state index in [2.05, 4.69) is 0 Å². The molecule has 1 saturated heterocycles. The number of carbonyl (C=O) groups excluding carboxylic acids is 1. The van der Waals surface area contributed by atoms with Crippen molar-refractivity contribution in [3.05, 3.63) is 112 Å². The zero-order valence-electron chi connectivity index (χ0n) is 19.9. The molecular weight excluding hydrogens is 458 g/mol. The second-order valence-electron chi connectivity index (χ2n) is 8.59. The van der Waals surface area contributed by atoms with Gasteiger partial charge in [0.1, 0.15) is 23.4 Å². The summed E-state index contributed by atoms with van der Waals surface area (Å²) in [5, 5.41) is -0.545. The van der Waals surface area contributed by atoms with Crippen LogP contribution in [0.1, 0.15) is 29.1 Å². The van der Waals surface area contributed by atoms with E-state index in [1.54, 1.807) is 21.3 Å². The Labute approximate surface area is 208 Å². The molecule has 1 aliphatic rings. The monoisotopic (exact) mass is 485 g/mol. The Balaban J connectivity index is 1.46. The Bertz CT molecular complexity index is 1400. The van der Waals surface area contributed by atoms with Crippen LogP contribution >= 0.6 is 11.8 Å². The Morgan fingerprint density at radius 3 is 2.17 bits per heavy atom. The average Bonchev–Trinajstić information content (AvgIpc) is 3.29. The van der Waals surface area contributed by atoms with Crippen LogP contribution in [0, 0.1) is 6.92 Å². The maximum atomic E-state index is 13.6. The summed E-state index contributed by atoms with van der Waals surface area (Å²) in [6, 6.07) is 27.3. The minimum absolute atomic E-state index is 0.0598. The summed E-state index contributed by atoms with van der Waals surface area (Å²) in [5.74, 6) is 0.698. The Hall–Kier alpha value is -3.71.